The first-order valence-electron chi connectivity index (χ1n) is 5.65. The van der Waals surface area contributed by atoms with Gasteiger partial charge in [0.15, 0.2) is 0 Å². The van der Waals surface area contributed by atoms with E-state index in [0.29, 0.717) is 10.1 Å². The molecule has 2 heterocycles. The van der Waals surface area contributed by atoms with Gasteiger partial charge >= 0.3 is 0 Å². The van der Waals surface area contributed by atoms with E-state index in [2.05, 4.69) is 5.43 Å². The van der Waals surface area contributed by atoms with Crippen LogP contribution in [0.2, 0.25) is 0 Å². The maximum atomic E-state index is 6.09. The van der Waals surface area contributed by atoms with Crippen molar-refractivity contribution in [1.82, 2.24) is 10.4 Å². The van der Waals surface area contributed by atoms with Crippen LogP contribution in [0.15, 0.2) is 22.0 Å². The third kappa shape index (κ3) is 2.47. The van der Waals surface area contributed by atoms with Crippen molar-refractivity contribution >= 4 is 23.2 Å². The Hall–Kier alpha value is -0.380. The monoisotopic (exact) mass is 262 g/mol. The van der Waals surface area contributed by atoms with Gasteiger partial charge < -0.3 is 4.74 Å². The standard InChI is InChI=1S/C11H16Cl2N2O/c1-2-9-11(13)8(12)7-15(14-9)10-5-3-4-6-16-10/h7,10,14H,2-6H2,1H3. The van der Waals surface area contributed by atoms with E-state index in [1.54, 1.807) is 6.20 Å². The molecule has 1 N–H and O–H groups in total. The molecular formula is C11H16Cl2N2O. The Morgan fingerprint density at radius 2 is 2.31 bits per heavy atom. The fraction of sp³-hybridized carbons (Fsp3) is 0.636. The first kappa shape index (κ1) is 12.1. The number of hydrogen-bond acceptors (Lipinski definition) is 3. The van der Waals surface area contributed by atoms with Crippen molar-refractivity contribution in [3.63, 3.8) is 0 Å². The summed E-state index contributed by atoms with van der Waals surface area (Å²) in [5, 5.41) is 3.11. The van der Waals surface area contributed by atoms with E-state index in [9.17, 15) is 0 Å². The maximum absolute atomic E-state index is 6.09. The fourth-order valence-corrected chi connectivity index (χ4v) is 2.34. The van der Waals surface area contributed by atoms with Crippen LogP contribution in [0.4, 0.5) is 0 Å². The molecule has 0 aromatic carbocycles. The van der Waals surface area contributed by atoms with Crippen LogP contribution in [0, 0.1) is 0 Å². The Morgan fingerprint density at radius 3 is 2.94 bits per heavy atom. The van der Waals surface area contributed by atoms with E-state index in [1.165, 1.54) is 6.42 Å². The maximum Gasteiger partial charge on any atom is 0.148 e. The molecule has 0 aliphatic carbocycles. The van der Waals surface area contributed by atoms with Gasteiger partial charge in [0.2, 0.25) is 0 Å². The van der Waals surface area contributed by atoms with E-state index in [-0.39, 0.29) is 6.23 Å². The topological polar surface area (TPSA) is 24.5 Å². The van der Waals surface area contributed by atoms with Gasteiger partial charge in [0.1, 0.15) is 6.23 Å². The van der Waals surface area contributed by atoms with Crippen LogP contribution in [-0.4, -0.2) is 17.8 Å². The SMILES string of the molecule is CCC1=C(Cl)C(Cl)=CN(C2CCCCO2)N1. The van der Waals surface area contributed by atoms with Gasteiger partial charge in [-0.3, -0.25) is 10.4 Å². The minimum absolute atomic E-state index is 0.0637. The average Bonchev–Trinajstić information content (AvgIpc) is 2.33. The lowest BCUT2D eigenvalue weighted by Crippen LogP contribution is -2.46. The number of ether oxygens (including phenoxy) is 1. The van der Waals surface area contributed by atoms with Crippen molar-refractivity contribution in [2.45, 2.75) is 38.8 Å². The van der Waals surface area contributed by atoms with Crippen molar-refractivity contribution in [1.29, 1.82) is 0 Å². The van der Waals surface area contributed by atoms with Crippen LogP contribution in [-0.2, 0) is 4.74 Å². The first-order chi connectivity index (χ1) is 7.72. The zero-order valence-corrected chi connectivity index (χ0v) is 10.8. The van der Waals surface area contributed by atoms with Crippen LogP contribution in [0.25, 0.3) is 0 Å². The van der Waals surface area contributed by atoms with E-state index in [0.717, 1.165) is 31.6 Å². The number of nitrogens with one attached hydrogen (secondary N) is 1. The molecule has 0 amide bonds. The molecule has 1 unspecified atom stereocenters. The Balaban J connectivity index is 2.09. The number of hydrazine groups is 1. The van der Waals surface area contributed by atoms with Gasteiger partial charge in [-0.1, -0.05) is 30.1 Å². The number of nitrogens with zero attached hydrogens (tertiary/aromatic N) is 1. The second kappa shape index (κ2) is 5.30. The summed E-state index contributed by atoms with van der Waals surface area (Å²) in [5.74, 6) is 0. The molecule has 90 valence electrons. The molecule has 5 heteroatoms. The molecule has 16 heavy (non-hydrogen) atoms. The predicted octanol–water partition coefficient (Wildman–Crippen LogP) is 3.27. The molecule has 3 nitrogen and oxygen atoms in total. The summed E-state index contributed by atoms with van der Waals surface area (Å²) in [6, 6.07) is 0. The van der Waals surface area contributed by atoms with Gasteiger partial charge in [0.25, 0.3) is 0 Å². The molecule has 0 saturated carbocycles. The largest absolute Gasteiger partial charge is 0.357 e. The predicted molar refractivity (Wildman–Crippen MR) is 65.7 cm³/mol. The fourth-order valence-electron chi connectivity index (χ4n) is 1.89. The van der Waals surface area contributed by atoms with Crippen molar-refractivity contribution < 1.29 is 4.74 Å². The zero-order valence-electron chi connectivity index (χ0n) is 9.30. The first-order valence-corrected chi connectivity index (χ1v) is 6.41. The highest BCUT2D eigenvalue weighted by molar-refractivity contribution is 6.44. The molecule has 1 fully saturated rings. The summed E-state index contributed by atoms with van der Waals surface area (Å²) >= 11 is 12.2. The average molecular weight is 263 g/mol. The molecule has 1 saturated heterocycles. The van der Waals surface area contributed by atoms with Gasteiger partial charge in [-0.05, 0) is 25.7 Å². The van der Waals surface area contributed by atoms with Gasteiger partial charge in [0, 0.05) is 12.8 Å². The second-order valence-corrected chi connectivity index (χ2v) is 4.75. The molecule has 0 aromatic heterocycles. The van der Waals surface area contributed by atoms with E-state index < -0.39 is 0 Å². The number of hydrogen-bond donors (Lipinski definition) is 1. The van der Waals surface area contributed by atoms with E-state index in [1.807, 2.05) is 11.9 Å². The molecule has 0 bridgehead atoms. The van der Waals surface area contributed by atoms with Crippen molar-refractivity contribution in [2.24, 2.45) is 0 Å². The highest BCUT2D eigenvalue weighted by atomic mass is 35.5. The summed E-state index contributed by atoms with van der Waals surface area (Å²) in [4.78, 5) is 0. The number of rotatable bonds is 2. The number of allylic oxidation sites excluding steroid dienone is 3. The summed E-state index contributed by atoms with van der Waals surface area (Å²) in [5.41, 5.74) is 4.20. The van der Waals surface area contributed by atoms with Crippen molar-refractivity contribution in [3.8, 4) is 0 Å². The molecule has 2 rings (SSSR count). The minimum Gasteiger partial charge on any atom is -0.357 e. The van der Waals surface area contributed by atoms with Crippen LogP contribution in [0.1, 0.15) is 32.6 Å². The van der Waals surface area contributed by atoms with Crippen LogP contribution in [0.3, 0.4) is 0 Å². The van der Waals surface area contributed by atoms with E-state index >= 15 is 0 Å². The Morgan fingerprint density at radius 1 is 1.50 bits per heavy atom. The third-order valence-corrected chi connectivity index (χ3v) is 3.63. The molecule has 0 radical (unpaired) electrons. The lowest BCUT2D eigenvalue weighted by molar-refractivity contribution is -0.0818. The highest BCUT2D eigenvalue weighted by Crippen LogP contribution is 2.29. The summed E-state index contributed by atoms with van der Waals surface area (Å²) in [7, 11) is 0. The van der Waals surface area contributed by atoms with Crippen molar-refractivity contribution in [3.05, 3.63) is 22.0 Å². The third-order valence-electron chi connectivity index (χ3n) is 2.81. The zero-order chi connectivity index (χ0) is 11.5. The number of halogens is 2. The van der Waals surface area contributed by atoms with Crippen LogP contribution >= 0.6 is 23.2 Å². The van der Waals surface area contributed by atoms with Gasteiger partial charge in [-0.15, -0.1) is 0 Å². The molecule has 2 aliphatic rings. The van der Waals surface area contributed by atoms with Gasteiger partial charge in [0.05, 0.1) is 15.8 Å². The van der Waals surface area contributed by atoms with Gasteiger partial charge in [-0.2, -0.15) is 0 Å². The van der Waals surface area contributed by atoms with Crippen molar-refractivity contribution in [2.75, 3.05) is 6.61 Å². The molecular weight excluding hydrogens is 247 g/mol. The molecule has 1 atom stereocenters. The smallest absolute Gasteiger partial charge is 0.148 e. The van der Waals surface area contributed by atoms with Gasteiger partial charge in [-0.25, -0.2) is 0 Å². The minimum atomic E-state index is 0.0637. The summed E-state index contributed by atoms with van der Waals surface area (Å²) < 4.78 is 5.69. The van der Waals surface area contributed by atoms with E-state index in [4.69, 9.17) is 27.9 Å². The quantitative estimate of drug-likeness (QED) is 0.827. The Bertz CT molecular complexity index is 322. The molecule has 0 spiro atoms. The highest BCUT2D eigenvalue weighted by Gasteiger charge is 2.24. The second-order valence-electron chi connectivity index (χ2n) is 3.96. The molecule has 0 aromatic rings. The molecule has 2 aliphatic heterocycles. The Labute approximate surface area is 106 Å². The van der Waals surface area contributed by atoms with Crippen LogP contribution in [0.5, 0.6) is 0 Å². The summed E-state index contributed by atoms with van der Waals surface area (Å²) in [6.07, 6.45) is 6.04. The normalized spacial score (nSPS) is 26.6. The lowest BCUT2D eigenvalue weighted by atomic mass is 10.2. The van der Waals surface area contributed by atoms with Crippen LogP contribution < -0.4 is 5.43 Å². The summed E-state index contributed by atoms with van der Waals surface area (Å²) in [6.45, 7) is 2.85. The Kier molecular flexibility index (Phi) is 4.00. The lowest BCUT2D eigenvalue weighted by Gasteiger charge is -2.37.